The van der Waals surface area contributed by atoms with E-state index in [1.807, 2.05) is 54.9 Å². The van der Waals surface area contributed by atoms with Gasteiger partial charge in [-0.05, 0) is 139 Å². The zero-order chi connectivity index (χ0) is 55.9. The third kappa shape index (κ3) is 7.32. The second-order valence-electron chi connectivity index (χ2n) is 22.6. The molecule has 0 spiro atoms. The summed E-state index contributed by atoms with van der Waals surface area (Å²) in [5.74, 6) is 1.62. The number of rotatable bonds is 8. The van der Waals surface area contributed by atoms with Gasteiger partial charge in [-0.3, -0.25) is 8.80 Å². The molecule has 0 bridgehead atoms. The van der Waals surface area contributed by atoms with Crippen molar-refractivity contribution in [1.82, 2.24) is 18.8 Å². The summed E-state index contributed by atoms with van der Waals surface area (Å²) < 4.78 is 10.8. The minimum Gasteiger partial charge on any atom is -0.455 e. The van der Waals surface area contributed by atoms with Crippen LogP contribution in [-0.2, 0) is 5.41 Å². The molecular weight excluding hydrogens is 1070 g/mol. The fraction of sp³-hybridized carbons (Fsp3) is 0.0400. The zero-order valence-electron chi connectivity index (χ0n) is 45.5. The van der Waals surface area contributed by atoms with Crippen LogP contribution in [0.15, 0.2) is 247 Å². The molecular formula is C75H48Cl2N6O. The monoisotopic (exact) mass is 1120 g/mol. The van der Waals surface area contributed by atoms with Crippen molar-refractivity contribution in [2.24, 2.45) is 0 Å². The minimum absolute atomic E-state index is 0.128. The van der Waals surface area contributed by atoms with Gasteiger partial charge in [0.15, 0.2) is 0 Å². The van der Waals surface area contributed by atoms with E-state index in [4.69, 9.17) is 37.6 Å². The van der Waals surface area contributed by atoms with Gasteiger partial charge in [-0.2, -0.15) is 0 Å². The third-order valence-electron chi connectivity index (χ3n) is 17.6. The Morgan fingerprint density at radius 1 is 0.381 bits per heavy atom. The Morgan fingerprint density at radius 3 is 1.71 bits per heavy atom. The number of fused-ring (bicyclic) bond motifs is 18. The maximum Gasteiger partial charge on any atom is 0.146 e. The number of aromatic nitrogens is 4. The molecule has 0 unspecified atom stereocenters. The minimum atomic E-state index is -0.128. The number of benzene rings is 11. The van der Waals surface area contributed by atoms with Crippen LogP contribution >= 0.6 is 23.2 Å². The Labute approximate surface area is 492 Å². The van der Waals surface area contributed by atoms with Crippen LogP contribution in [0.25, 0.3) is 132 Å². The standard InChI is InChI=1S/C75H48Cl2N6O/c1-75(2)60-20-7-5-16-56(60)71-49(17-12-21-61(71)75)48-32-36-67-59(39-48)57-37-46(29-33-55(57)74-79-41-69(83(67)74)80-64-23-9-8-22-62(64)76)47-30-34-63(77)65(40-47)81-70-42-78-73-54-15-4-3-13-51(54)58-38-45(31-35-66(58)82(70)73)43-25-27-44(28-26-43)50-18-11-19-53-52-14-6-10-24-68(52)84-72(50)53/h3-42,80-81H,1-2H3. The average molecular weight is 1120 g/mol. The smallest absolute Gasteiger partial charge is 0.146 e. The van der Waals surface area contributed by atoms with Crippen molar-refractivity contribution >= 4 is 123 Å². The molecule has 84 heavy (non-hydrogen) atoms. The second-order valence-corrected chi connectivity index (χ2v) is 23.4. The largest absolute Gasteiger partial charge is 0.455 e. The summed E-state index contributed by atoms with van der Waals surface area (Å²) in [5, 5.41) is 17.3. The van der Waals surface area contributed by atoms with Crippen molar-refractivity contribution in [3.8, 4) is 55.6 Å². The number of hydrogen-bond acceptors (Lipinski definition) is 5. The van der Waals surface area contributed by atoms with Gasteiger partial charge in [-0.1, -0.05) is 201 Å². The molecule has 0 amide bonds. The number of anilines is 4. The van der Waals surface area contributed by atoms with E-state index in [0.717, 1.165) is 139 Å². The first-order valence-corrected chi connectivity index (χ1v) is 29.0. The van der Waals surface area contributed by atoms with Gasteiger partial charge in [0.25, 0.3) is 0 Å². The predicted octanol–water partition coefficient (Wildman–Crippen LogP) is 21.3. The van der Waals surface area contributed by atoms with E-state index < -0.39 is 0 Å². The number of nitrogens with one attached hydrogen (secondary N) is 2. The maximum atomic E-state index is 7.20. The lowest BCUT2D eigenvalue weighted by atomic mass is 9.82. The normalized spacial score (nSPS) is 12.9. The van der Waals surface area contributed by atoms with Crippen molar-refractivity contribution in [3.63, 3.8) is 0 Å². The predicted molar refractivity (Wildman–Crippen MR) is 350 cm³/mol. The summed E-state index contributed by atoms with van der Waals surface area (Å²) >= 11 is 14.0. The van der Waals surface area contributed by atoms with Gasteiger partial charge >= 0.3 is 0 Å². The van der Waals surface area contributed by atoms with Crippen LogP contribution in [0.3, 0.4) is 0 Å². The summed E-state index contributed by atoms with van der Waals surface area (Å²) in [6.07, 6.45) is 3.81. The van der Waals surface area contributed by atoms with Crippen LogP contribution in [0.4, 0.5) is 23.0 Å². The first kappa shape index (κ1) is 48.5. The number of halogens is 2. The van der Waals surface area contributed by atoms with Crippen LogP contribution in [0, 0.1) is 0 Å². The summed E-state index contributed by atoms with van der Waals surface area (Å²) in [5.41, 5.74) is 21.1. The number of hydrogen-bond donors (Lipinski definition) is 2. The lowest BCUT2D eigenvalue weighted by Crippen LogP contribution is -2.14. The molecule has 5 aromatic heterocycles. The molecule has 0 atom stereocenters. The van der Waals surface area contributed by atoms with E-state index >= 15 is 0 Å². The van der Waals surface area contributed by atoms with Gasteiger partial charge in [0.05, 0.1) is 44.8 Å². The summed E-state index contributed by atoms with van der Waals surface area (Å²) in [6, 6.07) is 81.9. The van der Waals surface area contributed by atoms with E-state index in [1.54, 1.807) is 0 Å². The molecule has 7 nitrogen and oxygen atoms in total. The molecule has 5 heterocycles. The summed E-state index contributed by atoms with van der Waals surface area (Å²) in [4.78, 5) is 10.2. The molecule has 0 saturated heterocycles. The summed E-state index contributed by atoms with van der Waals surface area (Å²) in [6.45, 7) is 4.67. The maximum absolute atomic E-state index is 7.20. The molecule has 2 N–H and O–H groups in total. The number of nitrogens with zero attached hydrogens (tertiary/aromatic N) is 4. The highest BCUT2D eigenvalue weighted by molar-refractivity contribution is 6.34. The Hall–Kier alpha value is -10.2. The SMILES string of the molecule is CC1(C)c2ccccc2-c2c(-c3ccc4c(c3)c3cc(-c5ccc(Cl)c(Nc6cnc7c8ccccc8c8cc(-c9ccc(-c%10cccc%11c%10oc%10ccccc%10%11)cc9)ccc8n67)c5)ccc3c3ncc(Nc5ccccc5Cl)n43)cccc21. The molecule has 0 radical (unpaired) electrons. The van der Waals surface area contributed by atoms with Crippen LogP contribution in [0.5, 0.6) is 0 Å². The van der Waals surface area contributed by atoms with E-state index in [1.165, 1.54) is 27.8 Å². The number of pyridine rings is 2. The highest BCUT2D eigenvalue weighted by atomic mass is 35.5. The van der Waals surface area contributed by atoms with Gasteiger partial charge in [-0.25, -0.2) is 9.97 Å². The topological polar surface area (TPSA) is 71.8 Å². The van der Waals surface area contributed by atoms with Crippen molar-refractivity contribution in [3.05, 3.63) is 264 Å². The molecule has 0 aliphatic heterocycles. The fourth-order valence-electron chi connectivity index (χ4n) is 13.5. The van der Waals surface area contributed by atoms with Crippen molar-refractivity contribution in [2.75, 3.05) is 10.6 Å². The molecule has 0 fully saturated rings. The molecule has 17 rings (SSSR count). The van der Waals surface area contributed by atoms with Gasteiger partial charge < -0.3 is 15.1 Å². The lowest BCUT2D eigenvalue weighted by Gasteiger charge is -2.21. The van der Waals surface area contributed by atoms with E-state index in [0.29, 0.717) is 10.0 Å². The third-order valence-corrected chi connectivity index (χ3v) is 18.2. The quantitative estimate of drug-likeness (QED) is 0.148. The molecule has 16 aromatic rings. The molecule has 9 heteroatoms. The van der Waals surface area contributed by atoms with Gasteiger partial charge in [0.1, 0.15) is 34.1 Å². The number of imidazole rings is 2. The molecule has 1 aliphatic carbocycles. The van der Waals surface area contributed by atoms with Crippen LogP contribution in [-0.4, -0.2) is 18.8 Å². The summed E-state index contributed by atoms with van der Waals surface area (Å²) in [7, 11) is 0. The number of furan rings is 1. The van der Waals surface area contributed by atoms with Crippen molar-refractivity contribution in [1.29, 1.82) is 0 Å². The van der Waals surface area contributed by atoms with Crippen LogP contribution < -0.4 is 10.6 Å². The number of para-hydroxylation sites is 3. The van der Waals surface area contributed by atoms with Crippen LogP contribution in [0.2, 0.25) is 10.0 Å². The molecule has 398 valence electrons. The lowest BCUT2D eigenvalue weighted by molar-refractivity contribution is 0.660. The second kappa shape index (κ2) is 18.4. The first-order chi connectivity index (χ1) is 41.2. The zero-order valence-corrected chi connectivity index (χ0v) is 47.1. The van der Waals surface area contributed by atoms with Gasteiger partial charge in [0.2, 0.25) is 0 Å². The highest BCUT2D eigenvalue weighted by Crippen LogP contribution is 2.53. The Morgan fingerprint density at radius 2 is 0.905 bits per heavy atom. The highest BCUT2D eigenvalue weighted by Gasteiger charge is 2.36. The van der Waals surface area contributed by atoms with Crippen molar-refractivity contribution in [2.45, 2.75) is 19.3 Å². The average Bonchev–Trinajstić information content (AvgIpc) is 3.36. The Balaban J connectivity index is 0.767. The van der Waals surface area contributed by atoms with Crippen LogP contribution in [0.1, 0.15) is 25.0 Å². The molecule has 1 aliphatic rings. The van der Waals surface area contributed by atoms with E-state index in [-0.39, 0.29) is 5.41 Å². The van der Waals surface area contributed by atoms with Gasteiger partial charge in [0, 0.05) is 43.3 Å². The molecule has 11 aromatic carbocycles. The van der Waals surface area contributed by atoms with E-state index in [2.05, 4.69) is 221 Å². The van der Waals surface area contributed by atoms with Gasteiger partial charge in [-0.15, -0.1) is 0 Å². The molecule has 0 saturated carbocycles. The Bertz CT molecular complexity index is 5460. The first-order valence-electron chi connectivity index (χ1n) is 28.2. The van der Waals surface area contributed by atoms with E-state index in [9.17, 15) is 0 Å². The van der Waals surface area contributed by atoms with Crippen molar-refractivity contribution < 1.29 is 4.42 Å². The Kier molecular flexibility index (Phi) is 10.6. The fourth-order valence-corrected chi connectivity index (χ4v) is 13.8.